The van der Waals surface area contributed by atoms with Crippen LogP contribution in [-0.4, -0.2) is 10.5 Å². The zero-order valence-corrected chi connectivity index (χ0v) is 18.0. The number of fused-ring (bicyclic) bond motifs is 1. The standard InChI is InChI=1S/C28H26N2O/c1-20-15-21(2)17-23(16-20)18-29-14-8-13-26(29)27-24-11-6-7-12-25(24)30(28(27)31)19-22-9-4-3-5-10-22/h3-17,27H,18-19H2,1-2H3. The molecular formula is C28H26N2O. The number of carbonyl (C=O) groups is 1. The number of amides is 1. The first-order chi connectivity index (χ1) is 15.1. The van der Waals surface area contributed by atoms with Crippen molar-refractivity contribution in [2.75, 3.05) is 4.90 Å². The van der Waals surface area contributed by atoms with E-state index in [1.165, 1.54) is 16.7 Å². The van der Waals surface area contributed by atoms with Crippen molar-refractivity contribution >= 4 is 11.6 Å². The fraction of sp³-hybridized carbons (Fsp3) is 0.179. The normalized spacial score (nSPS) is 15.4. The summed E-state index contributed by atoms with van der Waals surface area (Å²) in [7, 11) is 0. The SMILES string of the molecule is Cc1cc(C)cc(Cn2cccc2C2C(=O)N(Cc3ccccc3)c3ccccc32)c1. The molecule has 0 saturated carbocycles. The van der Waals surface area contributed by atoms with Crippen LogP contribution in [0.5, 0.6) is 0 Å². The number of nitrogens with zero attached hydrogens (tertiary/aromatic N) is 2. The average molecular weight is 407 g/mol. The largest absolute Gasteiger partial charge is 0.346 e. The second kappa shape index (κ2) is 7.92. The first kappa shape index (κ1) is 19.4. The Morgan fingerprint density at radius 2 is 1.45 bits per heavy atom. The minimum absolute atomic E-state index is 0.144. The van der Waals surface area contributed by atoms with Crippen molar-refractivity contribution in [3.8, 4) is 0 Å². The number of para-hydroxylation sites is 1. The van der Waals surface area contributed by atoms with Gasteiger partial charge in [0, 0.05) is 24.1 Å². The van der Waals surface area contributed by atoms with Gasteiger partial charge in [-0.05, 0) is 48.7 Å². The summed E-state index contributed by atoms with van der Waals surface area (Å²) < 4.78 is 2.22. The molecule has 3 aromatic carbocycles. The Labute approximate surface area is 183 Å². The Bertz CT molecular complexity index is 1220. The van der Waals surface area contributed by atoms with Crippen LogP contribution in [-0.2, 0) is 17.9 Å². The fourth-order valence-electron chi connectivity index (χ4n) is 4.79. The van der Waals surface area contributed by atoms with Crippen LogP contribution in [0.1, 0.15) is 39.4 Å². The van der Waals surface area contributed by atoms with Gasteiger partial charge in [-0.15, -0.1) is 0 Å². The Kier molecular flexibility index (Phi) is 4.95. The van der Waals surface area contributed by atoms with E-state index in [0.29, 0.717) is 6.54 Å². The molecule has 0 bridgehead atoms. The molecule has 3 nitrogen and oxygen atoms in total. The molecule has 4 aromatic rings. The maximum absolute atomic E-state index is 13.7. The van der Waals surface area contributed by atoms with Crippen molar-refractivity contribution in [3.05, 3.63) is 125 Å². The van der Waals surface area contributed by atoms with Crippen LogP contribution in [0.25, 0.3) is 0 Å². The van der Waals surface area contributed by atoms with Crippen molar-refractivity contribution in [1.29, 1.82) is 0 Å². The smallest absolute Gasteiger partial charge is 0.240 e. The van der Waals surface area contributed by atoms with Crippen molar-refractivity contribution < 1.29 is 4.79 Å². The van der Waals surface area contributed by atoms with Gasteiger partial charge in [0.25, 0.3) is 0 Å². The summed E-state index contributed by atoms with van der Waals surface area (Å²) in [4.78, 5) is 15.6. The van der Waals surface area contributed by atoms with E-state index >= 15 is 0 Å². The summed E-state index contributed by atoms with van der Waals surface area (Å²) in [5, 5.41) is 0. The molecular weight excluding hydrogens is 380 g/mol. The molecule has 0 fully saturated rings. The molecule has 5 rings (SSSR count). The lowest BCUT2D eigenvalue weighted by Crippen LogP contribution is -2.29. The molecule has 1 atom stereocenters. The monoisotopic (exact) mass is 406 g/mol. The molecule has 2 heterocycles. The molecule has 0 saturated heterocycles. The Morgan fingerprint density at radius 3 is 2.23 bits per heavy atom. The average Bonchev–Trinajstić information content (AvgIpc) is 3.30. The molecule has 1 aliphatic rings. The number of rotatable bonds is 5. The molecule has 0 N–H and O–H groups in total. The third-order valence-electron chi connectivity index (χ3n) is 6.03. The molecule has 3 heteroatoms. The van der Waals surface area contributed by atoms with Crippen LogP contribution in [0.2, 0.25) is 0 Å². The Morgan fingerprint density at radius 1 is 0.742 bits per heavy atom. The number of anilines is 1. The van der Waals surface area contributed by atoms with Crippen molar-refractivity contribution in [2.45, 2.75) is 32.9 Å². The van der Waals surface area contributed by atoms with Crippen LogP contribution >= 0.6 is 0 Å². The first-order valence-corrected chi connectivity index (χ1v) is 10.8. The third kappa shape index (κ3) is 3.68. The van der Waals surface area contributed by atoms with Gasteiger partial charge in [0.1, 0.15) is 5.92 Å². The van der Waals surface area contributed by atoms with Crippen LogP contribution in [0.3, 0.4) is 0 Å². The van der Waals surface area contributed by atoms with Gasteiger partial charge < -0.3 is 9.47 Å². The quantitative estimate of drug-likeness (QED) is 0.409. The first-order valence-electron chi connectivity index (χ1n) is 10.8. The topological polar surface area (TPSA) is 25.2 Å². The lowest BCUT2D eigenvalue weighted by Gasteiger charge is -2.19. The van der Waals surface area contributed by atoms with Gasteiger partial charge in [-0.3, -0.25) is 4.79 Å². The molecule has 0 radical (unpaired) electrons. The van der Waals surface area contributed by atoms with E-state index in [-0.39, 0.29) is 11.8 Å². The van der Waals surface area contributed by atoms with Gasteiger partial charge >= 0.3 is 0 Å². The highest BCUT2D eigenvalue weighted by Gasteiger charge is 2.39. The third-order valence-corrected chi connectivity index (χ3v) is 6.03. The predicted octanol–water partition coefficient (Wildman–Crippen LogP) is 5.83. The van der Waals surface area contributed by atoms with Gasteiger partial charge in [0.15, 0.2) is 0 Å². The van der Waals surface area contributed by atoms with Crippen LogP contribution in [0.4, 0.5) is 5.69 Å². The predicted molar refractivity (Wildman–Crippen MR) is 125 cm³/mol. The molecule has 0 aliphatic carbocycles. The molecule has 31 heavy (non-hydrogen) atoms. The van der Waals surface area contributed by atoms with Gasteiger partial charge in [-0.25, -0.2) is 0 Å². The minimum Gasteiger partial charge on any atom is -0.346 e. The highest BCUT2D eigenvalue weighted by Crippen LogP contribution is 2.42. The number of aromatic nitrogens is 1. The summed E-state index contributed by atoms with van der Waals surface area (Å²) in [6.45, 7) is 5.61. The maximum Gasteiger partial charge on any atom is 0.240 e. The maximum atomic E-state index is 13.7. The van der Waals surface area contributed by atoms with Crippen molar-refractivity contribution in [1.82, 2.24) is 4.57 Å². The molecule has 154 valence electrons. The van der Waals surface area contributed by atoms with E-state index in [1.54, 1.807) is 0 Å². The van der Waals surface area contributed by atoms with Crippen molar-refractivity contribution in [2.24, 2.45) is 0 Å². The number of benzene rings is 3. The van der Waals surface area contributed by atoms with Gasteiger partial charge in [0.2, 0.25) is 5.91 Å². The van der Waals surface area contributed by atoms with E-state index in [4.69, 9.17) is 0 Å². The highest BCUT2D eigenvalue weighted by molar-refractivity contribution is 6.06. The van der Waals surface area contributed by atoms with Crippen LogP contribution < -0.4 is 4.90 Å². The van der Waals surface area contributed by atoms with E-state index in [1.807, 2.05) is 41.3 Å². The molecule has 1 aliphatic heterocycles. The Balaban J connectivity index is 1.51. The second-order valence-electron chi connectivity index (χ2n) is 8.46. The summed E-state index contributed by atoms with van der Waals surface area (Å²) in [5.74, 6) is -0.133. The Hall–Kier alpha value is -3.59. The zero-order chi connectivity index (χ0) is 21.4. The number of hydrogen-bond acceptors (Lipinski definition) is 1. The minimum atomic E-state index is -0.277. The summed E-state index contributed by atoms with van der Waals surface area (Å²) >= 11 is 0. The van der Waals surface area contributed by atoms with Gasteiger partial charge in [-0.1, -0.05) is 77.9 Å². The van der Waals surface area contributed by atoms with E-state index in [2.05, 4.69) is 73.1 Å². The summed E-state index contributed by atoms with van der Waals surface area (Å²) in [6, 6.07) is 29.2. The summed E-state index contributed by atoms with van der Waals surface area (Å²) in [6.07, 6.45) is 2.09. The zero-order valence-electron chi connectivity index (χ0n) is 18.0. The molecule has 1 unspecified atom stereocenters. The lowest BCUT2D eigenvalue weighted by atomic mass is 9.97. The number of carbonyl (C=O) groups excluding carboxylic acids is 1. The van der Waals surface area contributed by atoms with Gasteiger partial charge in [-0.2, -0.15) is 0 Å². The molecule has 1 amide bonds. The van der Waals surface area contributed by atoms with E-state index < -0.39 is 0 Å². The van der Waals surface area contributed by atoms with E-state index in [0.717, 1.165) is 29.1 Å². The summed E-state index contributed by atoms with van der Waals surface area (Å²) in [5.41, 5.74) is 8.07. The van der Waals surface area contributed by atoms with Gasteiger partial charge in [0.05, 0.1) is 6.54 Å². The molecule has 0 spiro atoms. The van der Waals surface area contributed by atoms with E-state index in [9.17, 15) is 4.79 Å². The second-order valence-corrected chi connectivity index (χ2v) is 8.46. The molecule has 1 aromatic heterocycles. The van der Waals surface area contributed by atoms with Crippen LogP contribution in [0, 0.1) is 13.8 Å². The lowest BCUT2D eigenvalue weighted by molar-refractivity contribution is -0.118. The number of hydrogen-bond donors (Lipinski definition) is 0. The fourth-order valence-corrected chi connectivity index (χ4v) is 4.79. The number of aryl methyl sites for hydroxylation is 2. The highest BCUT2D eigenvalue weighted by atomic mass is 16.2. The van der Waals surface area contributed by atoms with Crippen molar-refractivity contribution in [3.63, 3.8) is 0 Å². The van der Waals surface area contributed by atoms with Crippen LogP contribution in [0.15, 0.2) is 91.1 Å².